The van der Waals surface area contributed by atoms with E-state index < -0.39 is 0 Å². The number of H-pyrrole nitrogens is 1. The number of carbonyl (C=O) groups is 1. The van der Waals surface area contributed by atoms with Crippen molar-refractivity contribution in [2.24, 2.45) is 0 Å². The van der Waals surface area contributed by atoms with Crippen LogP contribution in [0.5, 0.6) is 0 Å². The highest BCUT2D eigenvalue weighted by Crippen LogP contribution is 2.05. The summed E-state index contributed by atoms with van der Waals surface area (Å²) in [6.07, 6.45) is 1.94. The molecule has 0 aliphatic heterocycles. The molecule has 1 rings (SSSR count). The zero-order valence-corrected chi connectivity index (χ0v) is 7.18. The van der Waals surface area contributed by atoms with Crippen LogP contribution >= 0.6 is 0 Å². The molecule has 3 nitrogen and oxygen atoms in total. The molecule has 0 saturated carbocycles. The van der Waals surface area contributed by atoms with E-state index in [0.29, 0.717) is 12.0 Å². The van der Waals surface area contributed by atoms with Crippen molar-refractivity contribution >= 4 is 5.78 Å². The average molecular weight is 165 g/mol. The van der Waals surface area contributed by atoms with E-state index in [1.165, 1.54) is 12.3 Å². The molecule has 0 spiro atoms. The number of hydrogen-bond acceptors (Lipinski definition) is 2. The van der Waals surface area contributed by atoms with Crippen molar-refractivity contribution in [2.45, 2.75) is 20.3 Å². The van der Waals surface area contributed by atoms with Crippen molar-refractivity contribution in [1.29, 1.82) is 0 Å². The van der Waals surface area contributed by atoms with E-state index in [2.05, 4.69) is 4.98 Å². The summed E-state index contributed by atoms with van der Waals surface area (Å²) in [5.74, 6) is 0.0590. The molecule has 0 aromatic carbocycles. The number of ketones is 1. The Morgan fingerprint density at radius 1 is 1.58 bits per heavy atom. The first-order chi connectivity index (χ1) is 5.65. The second kappa shape index (κ2) is 3.34. The van der Waals surface area contributed by atoms with Gasteiger partial charge in [-0.05, 0) is 12.5 Å². The van der Waals surface area contributed by atoms with Gasteiger partial charge in [0.2, 0.25) is 5.56 Å². The molecule has 1 aromatic heterocycles. The Labute approximate surface area is 70.4 Å². The van der Waals surface area contributed by atoms with Gasteiger partial charge in [-0.2, -0.15) is 0 Å². The van der Waals surface area contributed by atoms with Gasteiger partial charge in [0, 0.05) is 24.2 Å². The van der Waals surface area contributed by atoms with Gasteiger partial charge in [-0.3, -0.25) is 9.59 Å². The largest absolute Gasteiger partial charge is 0.328 e. The topological polar surface area (TPSA) is 49.9 Å². The van der Waals surface area contributed by atoms with E-state index in [1.807, 2.05) is 0 Å². The zero-order valence-electron chi connectivity index (χ0n) is 7.18. The molecular formula is C9H11NO2. The van der Waals surface area contributed by atoms with Gasteiger partial charge in [0.15, 0.2) is 5.78 Å². The van der Waals surface area contributed by atoms with Crippen molar-refractivity contribution in [1.82, 2.24) is 4.98 Å². The van der Waals surface area contributed by atoms with Crippen LogP contribution in [0, 0.1) is 6.92 Å². The maximum absolute atomic E-state index is 11.2. The van der Waals surface area contributed by atoms with E-state index in [9.17, 15) is 9.59 Å². The van der Waals surface area contributed by atoms with E-state index in [0.717, 1.165) is 5.56 Å². The number of aryl methyl sites for hydroxylation is 1. The monoisotopic (exact) mass is 165 g/mol. The number of carbonyl (C=O) groups excluding carboxylic acids is 1. The van der Waals surface area contributed by atoms with Gasteiger partial charge in [-0.25, -0.2) is 0 Å². The van der Waals surface area contributed by atoms with Crippen molar-refractivity contribution < 1.29 is 4.79 Å². The van der Waals surface area contributed by atoms with Crippen LogP contribution < -0.4 is 5.56 Å². The lowest BCUT2D eigenvalue weighted by Crippen LogP contribution is -2.09. The van der Waals surface area contributed by atoms with Gasteiger partial charge in [-0.1, -0.05) is 6.92 Å². The predicted molar refractivity (Wildman–Crippen MR) is 46.4 cm³/mol. The summed E-state index contributed by atoms with van der Waals surface area (Å²) in [6.45, 7) is 3.56. The smallest absolute Gasteiger partial charge is 0.248 e. The first-order valence-corrected chi connectivity index (χ1v) is 3.87. The molecule has 3 heteroatoms. The van der Waals surface area contributed by atoms with Gasteiger partial charge >= 0.3 is 0 Å². The molecule has 0 atom stereocenters. The Morgan fingerprint density at radius 2 is 2.25 bits per heavy atom. The molecule has 12 heavy (non-hydrogen) atoms. The fraction of sp³-hybridized carbons (Fsp3) is 0.333. The van der Waals surface area contributed by atoms with Crippen molar-refractivity contribution in [3.8, 4) is 0 Å². The summed E-state index contributed by atoms with van der Waals surface area (Å²) in [5.41, 5.74) is 1.18. The van der Waals surface area contributed by atoms with E-state index >= 15 is 0 Å². The lowest BCUT2D eigenvalue weighted by Gasteiger charge is -2.00. The van der Waals surface area contributed by atoms with Gasteiger partial charge in [0.1, 0.15) is 0 Å². The lowest BCUT2D eigenvalue weighted by molar-refractivity contribution is 0.0987. The van der Waals surface area contributed by atoms with Gasteiger partial charge < -0.3 is 4.98 Å². The maximum atomic E-state index is 11.2. The standard InChI is InChI=1S/C9H11NO2/c1-3-8(11)7-5-10-9(12)4-6(7)2/h4-5H,3H2,1-2H3,(H,10,12). The highest BCUT2D eigenvalue weighted by atomic mass is 16.1. The Kier molecular flexibility index (Phi) is 2.43. The summed E-state index contributed by atoms with van der Waals surface area (Å²) >= 11 is 0. The Balaban J connectivity index is 3.18. The number of nitrogens with one attached hydrogen (secondary N) is 1. The van der Waals surface area contributed by atoms with Crippen LogP contribution in [0.1, 0.15) is 29.3 Å². The minimum atomic E-state index is -0.167. The van der Waals surface area contributed by atoms with Crippen molar-refractivity contribution in [2.75, 3.05) is 0 Å². The molecule has 0 unspecified atom stereocenters. The fourth-order valence-corrected chi connectivity index (χ4v) is 1.06. The quantitative estimate of drug-likeness (QED) is 0.671. The number of hydrogen-bond donors (Lipinski definition) is 1. The third kappa shape index (κ3) is 1.61. The van der Waals surface area contributed by atoms with Crippen molar-refractivity contribution in [3.63, 3.8) is 0 Å². The summed E-state index contributed by atoms with van der Waals surface area (Å²) in [7, 11) is 0. The molecule has 0 bridgehead atoms. The van der Waals surface area contributed by atoms with Gasteiger partial charge in [0.05, 0.1) is 0 Å². The van der Waals surface area contributed by atoms with Gasteiger partial charge in [0.25, 0.3) is 0 Å². The van der Waals surface area contributed by atoms with Crippen molar-refractivity contribution in [3.05, 3.63) is 33.7 Å². The lowest BCUT2D eigenvalue weighted by atomic mass is 10.1. The predicted octanol–water partition coefficient (Wildman–Crippen LogP) is 1.28. The molecule has 0 fully saturated rings. The highest BCUT2D eigenvalue weighted by Gasteiger charge is 2.05. The number of pyridine rings is 1. The second-order valence-electron chi connectivity index (χ2n) is 2.67. The van der Waals surface area contributed by atoms with Crippen LogP contribution in [0.15, 0.2) is 17.1 Å². The Hall–Kier alpha value is -1.38. The van der Waals surface area contributed by atoms with Gasteiger partial charge in [-0.15, -0.1) is 0 Å². The minimum absolute atomic E-state index is 0.0590. The Bertz CT molecular complexity index is 352. The van der Waals surface area contributed by atoms with Crippen LogP contribution in [-0.2, 0) is 0 Å². The average Bonchev–Trinajstić information content (AvgIpc) is 2.03. The molecule has 0 aliphatic carbocycles. The highest BCUT2D eigenvalue weighted by molar-refractivity contribution is 5.96. The van der Waals surface area contributed by atoms with Crippen LogP contribution in [0.3, 0.4) is 0 Å². The third-order valence-electron chi connectivity index (χ3n) is 1.75. The van der Waals surface area contributed by atoms with Crippen LogP contribution in [0.2, 0.25) is 0 Å². The maximum Gasteiger partial charge on any atom is 0.248 e. The SMILES string of the molecule is CCC(=O)c1c[nH]c(=O)cc1C. The van der Waals surface area contributed by atoms with Crippen LogP contribution in [-0.4, -0.2) is 10.8 Å². The first-order valence-electron chi connectivity index (χ1n) is 3.87. The molecular weight excluding hydrogens is 154 g/mol. The third-order valence-corrected chi connectivity index (χ3v) is 1.75. The summed E-state index contributed by atoms with van der Waals surface area (Å²) in [6, 6.07) is 1.43. The van der Waals surface area contributed by atoms with E-state index in [1.54, 1.807) is 13.8 Å². The Morgan fingerprint density at radius 3 is 2.75 bits per heavy atom. The minimum Gasteiger partial charge on any atom is -0.328 e. The van der Waals surface area contributed by atoms with E-state index in [-0.39, 0.29) is 11.3 Å². The van der Waals surface area contributed by atoms with E-state index in [4.69, 9.17) is 0 Å². The van der Waals surface area contributed by atoms with Crippen LogP contribution in [0.25, 0.3) is 0 Å². The first kappa shape index (κ1) is 8.71. The summed E-state index contributed by atoms with van der Waals surface area (Å²) < 4.78 is 0. The summed E-state index contributed by atoms with van der Waals surface area (Å²) in [4.78, 5) is 24.5. The molecule has 1 N–H and O–H groups in total. The number of rotatable bonds is 2. The molecule has 0 aliphatic rings. The zero-order chi connectivity index (χ0) is 9.14. The molecule has 1 heterocycles. The molecule has 0 radical (unpaired) electrons. The number of aromatic amines is 1. The van der Waals surface area contributed by atoms with Crippen LogP contribution in [0.4, 0.5) is 0 Å². The molecule has 0 amide bonds. The summed E-state index contributed by atoms with van der Waals surface area (Å²) in [5, 5.41) is 0. The fourth-order valence-electron chi connectivity index (χ4n) is 1.06. The molecule has 0 saturated heterocycles. The normalized spacial score (nSPS) is 9.83. The number of aromatic nitrogens is 1. The number of Topliss-reactive ketones (excluding diaryl/α,β-unsaturated/α-hetero) is 1. The molecule has 64 valence electrons. The molecule has 1 aromatic rings. The second-order valence-corrected chi connectivity index (χ2v) is 2.67.